The second kappa shape index (κ2) is 63.9. The number of carbonyl (C=O) groups excluding carboxylic acids is 2. The van der Waals surface area contributed by atoms with Crippen LogP contribution >= 0.6 is 7.82 Å². The van der Waals surface area contributed by atoms with Crippen LogP contribution in [0, 0.1) is 0 Å². The lowest BCUT2D eigenvalue weighted by Gasteiger charge is -2.24. The van der Waals surface area contributed by atoms with Crippen molar-refractivity contribution < 1.29 is 42.1 Å². The first-order valence-corrected chi connectivity index (χ1v) is 35.8. The van der Waals surface area contributed by atoms with Crippen LogP contribution in [-0.4, -0.2) is 74.9 Å². The van der Waals surface area contributed by atoms with E-state index in [-0.39, 0.29) is 32.0 Å². The van der Waals surface area contributed by atoms with Crippen LogP contribution in [0.3, 0.4) is 0 Å². The molecule has 0 spiro atoms. The third-order valence-corrected chi connectivity index (χ3v) is 15.5. The molecule has 0 aromatic heterocycles. The van der Waals surface area contributed by atoms with E-state index < -0.39 is 26.5 Å². The number of phosphoric acid groups is 1. The monoisotopic (exact) mass is 1190 g/mol. The lowest BCUT2D eigenvalue weighted by Crippen LogP contribution is -2.37. The van der Waals surface area contributed by atoms with Crippen LogP contribution in [0.4, 0.5) is 0 Å². The highest BCUT2D eigenvalue weighted by atomic mass is 31.2. The summed E-state index contributed by atoms with van der Waals surface area (Å²) in [5, 5.41) is 0. The van der Waals surface area contributed by atoms with Gasteiger partial charge in [-0.25, -0.2) is 4.57 Å². The van der Waals surface area contributed by atoms with Gasteiger partial charge in [0.1, 0.15) is 19.8 Å². The summed E-state index contributed by atoms with van der Waals surface area (Å²) in [6.07, 6.45) is 91.5. The molecule has 0 aromatic carbocycles. The van der Waals surface area contributed by atoms with E-state index in [9.17, 15) is 19.0 Å². The number of ether oxygens (including phenoxy) is 2. The summed E-state index contributed by atoms with van der Waals surface area (Å²) < 4.78 is 34.7. The van der Waals surface area contributed by atoms with Crippen molar-refractivity contribution in [3.63, 3.8) is 0 Å². The maximum absolute atomic E-state index is 12.9. The summed E-state index contributed by atoms with van der Waals surface area (Å²) in [7, 11) is 1.46. The zero-order valence-corrected chi connectivity index (χ0v) is 55.7. The van der Waals surface area contributed by atoms with Crippen LogP contribution in [0.25, 0.3) is 0 Å². The fourth-order valence-electron chi connectivity index (χ4n) is 9.28. The van der Waals surface area contributed by atoms with Gasteiger partial charge in [-0.3, -0.25) is 18.6 Å². The molecule has 0 aliphatic carbocycles. The first-order chi connectivity index (χ1) is 41.0. The fraction of sp³-hybridized carbons (Fsp3) is 0.703. The molecule has 0 radical (unpaired) electrons. The molecule has 0 rings (SSSR count). The van der Waals surface area contributed by atoms with Crippen LogP contribution in [0.1, 0.15) is 284 Å². The number of likely N-dealkylation sites (N-methyl/N-ethyl adjacent to an activating group) is 1. The van der Waals surface area contributed by atoms with Crippen molar-refractivity contribution in [1.29, 1.82) is 0 Å². The highest BCUT2D eigenvalue weighted by Gasteiger charge is 2.27. The number of phosphoric ester groups is 1. The topological polar surface area (TPSA) is 108 Å². The number of quaternary nitrogens is 1. The maximum Gasteiger partial charge on any atom is 0.472 e. The molecule has 9 nitrogen and oxygen atoms in total. The van der Waals surface area contributed by atoms with E-state index in [2.05, 4.69) is 135 Å². The Bertz CT molecular complexity index is 1830. The van der Waals surface area contributed by atoms with E-state index in [0.29, 0.717) is 17.4 Å². The molecule has 10 heteroatoms. The van der Waals surface area contributed by atoms with E-state index in [0.717, 1.165) is 122 Å². The predicted octanol–water partition coefficient (Wildman–Crippen LogP) is 22.3. The Morgan fingerprint density at radius 2 is 0.679 bits per heavy atom. The second-order valence-electron chi connectivity index (χ2n) is 23.8. The zero-order valence-electron chi connectivity index (χ0n) is 54.9. The molecule has 2 atom stereocenters. The molecule has 0 fully saturated rings. The van der Waals surface area contributed by atoms with Crippen molar-refractivity contribution in [2.45, 2.75) is 290 Å². The highest BCUT2D eigenvalue weighted by Crippen LogP contribution is 2.43. The number of nitrogens with zero attached hydrogens (tertiary/aromatic N) is 1. The van der Waals surface area contributed by atoms with Crippen molar-refractivity contribution in [2.75, 3.05) is 47.5 Å². The van der Waals surface area contributed by atoms with Gasteiger partial charge in [0, 0.05) is 12.8 Å². The first kappa shape index (κ1) is 80.4. The number of unbranched alkanes of at least 4 members (excludes halogenated alkanes) is 28. The van der Waals surface area contributed by atoms with Gasteiger partial charge in [0.2, 0.25) is 0 Å². The van der Waals surface area contributed by atoms with Crippen molar-refractivity contribution >= 4 is 19.8 Å². The quantitative estimate of drug-likeness (QED) is 0.0211. The van der Waals surface area contributed by atoms with Gasteiger partial charge in [0.05, 0.1) is 27.7 Å². The summed E-state index contributed by atoms with van der Waals surface area (Å²) in [4.78, 5) is 35.8. The summed E-state index contributed by atoms with van der Waals surface area (Å²) in [6.45, 7) is 4.33. The van der Waals surface area contributed by atoms with Gasteiger partial charge in [-0.15, -0.1) is 0 Å². The average molecular weight is 1190 g/mol. The van der Waals surface area contributed by atoms with Gasteiger partial charge in [-0.1, -0.05) is 302 Å². The molecular weight excluding hydrogens is 1060 g/mol. The summed E-state index contributed by atoms with van der Waals surface area (Å²) >= 11 is 0. The molecule has 0 bridgehead atoms. The zero-order chi connectivity index (χ0) is 61.2. The maximum atomic E-state index is 12.9. The average Bonchev–Trinajstić information content (AvgIpc) is 3.61. The SMILES string of the molecule is CC/C=C\C/C=C\C/C=C\C/C=C\C/C=C\C/C=C\C/C=C\C/C=C\C/C=C\C/C=C\CCCCCCCCC(=O)OC(COC(=O)CCCCCCCCCCCCCCCCCCCCCCCCC)COP(=O)(O)OCC[N+](C)(C)C. The number of rotatable bonds is 62. The molecule has 0 saturated carbocycles. The van der Waals surface area contributed by atoms with Gasteiger partial charge in [0.25, 0.3) is 0 Å². The summed E-state index contributed by atoms with van der Waals surface area (Å²) in [5.41, 5.74) is 0. The van der Waals surface area contributed by atoms with Gasteiger partial charge >= 0.3 is 19.8 Å². The number of carbonyl (C=O) groups is 2. The molecule has 482 valence electrons. The Labute approximate surface area is 518 Å². The van der Waals surface area contributed by atoms with Crippen molar-refractivity contribution in [3.05, 3.63) is 122 Å². The lowest BCUT2D eigenvalue weighted by atomic mass is 10.0. The summed E-state index contributed by atoms with van der Waals surface area (Å²) in [6, 6.07) is 0. The standard InChI is InChI=1S/C74H128NO8P/c1-6-8-10-12-14-16-18-20-22-24-26-28-30-31-32-33-34-35-36-37-38-39-40-41-42-43-45-47-49-51-53-55-57-59-61-63-65-67-74(77)83-72(71-82-84(78,79)81-69-68-75(3,4)5)70-80-73(76)66-64-62-60-58-56-54-52-50-48-46-44-29-27-25-23-21-19-17-15-13-11-9-7-2/h8,10,14,16,20,22,26,28,31-32,34-35,37-38,40-41,43,45,49,51,72H,6-7,9,11-13,15,17-19,21,23-25,27,29-30,33,36,39,42,44,46-48,50,52-71H2,1-5H3/p+1/b10-8-,16-14-,22-20-,28-26-,32-31-,35-34-,38-37-,41-40-,45-43-,51-49-. The fourth-order valence-corrected chi connectivity index (χ4v) is 10.0. The molecule has 84 heavy (non-hydrogen) atoms. The third kappa shape index (κ3) is 67.5. The minimum atomic E-state index is -4.40. The molecule has 0 heterocycles. The highest BCUT2D eigenvalue weighted by molar-refractivity contribution is 7.47. The largest absolute Gasteiger partial charge is 0.472 e. The van der Waals surface area contributed by atoms with Crippen LogP contribution in [-0.2, 0) is 32.7 Å². The third-order valence-electron chi connectivity index (χ3n) is 14.5. The van der Waals surface area contributed by atoms with E-state index in [1.807, 2.05) is 21.1 Å². The van der Waals surface area contributed by atoms with Crippen LogP contribution < -0.4 is 0 Å². The van der Waals surface area contributed by atoms with Crippen molar-refractivity contribution in [3.8, 4) is 0 Å². The lowest BCUT2D eigenvalue weighted by molar-refractivity contribution is -0.870. The van der Waals surface area contributed by atoms with E-state index >= 15 is 0 Å². The van der Waals surface area contributed by atoms with Gasteiger partial charge < -0.3 is 18.9 Å². The Morgan fingerprint density at radius 1 is 0.381 bits per heavy atom. The number of hydrogen-bond donors (Lipinski definition) is 1. The summed E-state index contributed by atoms with van der Waals surface area (Å²) in [5.74, 6) is -0.811. The second-order valence-corrected chi connectivity index (χ2v) is 25.3. The normalized spacial score (nSPS) is 13.9. The number of allylic oxidation sites excluding steroid dienone is 20. The minimum Gasteiger partial charge on any atom is -0.462 e. The van der Waals surface area contributed by atoms with Crippen LogP contribution in [0.15, 0.2) is 122 Å². The first-order valence-electron chi connectivity index (χ1n) is 34.3. The molecule has 1 N–H and O–H groups in total. The molecule has 0 aliphatic rings. The smallest absolute Gasteiger partial charge is 0.462 e. The Kier molecular flexibility index (Phi) is 61.2. The Morgan fingerprint density at radius 3 is 1.01 bits per heavy atom. The number of hydrogen-bond acceptors (Lipinski definition) is 7. The van der Waals surface area contributed by atoms with Crippen LogP contribution in [0.2, 0.25) is 0 Å². The molecule has 0 aliphatic heterocycles. The predicted molar refractivity (Wildman–Crippen MR) is 362 cm³/mol. The molecular formula is C74H129NO8P+. The van der Waals surface area contributed by atoms with Gasteiger partial charge in [-0.05, 0) is 89.9 Å². The molecule has 0 amide bonds. The molecule has 0 saturated heterocycles. The van der Waals surface area contributed by atoms with E-state index in [4.69, 9.17) is 18.5 Å². The van der Waals surface area contributed by atoms with E-state index in [1.54, 1.807) is 0 Å². The number of esters is 2. The van der Waals surface area contributed by atoms with E-state index in [1.165, 1.54) is 128 Å². The molecule has 2 unspecified atom stereocenters. The van der Waals surface area contributed by atoms with Gasteiger partial charge in [-0.2, -0.15) is 0 Å². The Hall–Kier alpha value is -3.59. The minimum absolute atomic E-state index is 0.0242. The van der Waals surface area contributed by atoms with Crippen molar-refractivity contribution in [2.24, 2.45) is 0 Å². The molecule has 0 aromatic rings. The van der Waals surface area contributed by atoms with Crippen LogP contribution in [0.5, 0.6) is 0 Å². The Balaban J connectivity index is 4.14. The van der Waals surface area contributed by atoms with Gasteiger partial charge in [0.15, 0.2) is 6.10 Å². The van der Waals surface area contributed by atoms with Crippen molar-refractivity contribution in [1.82, 2.24) is 0 Å².